The summed E-state index contributed by atoms with van der Waals surface area (Å²) in [6.07, 6.45) is 1.62. The average Bonchev–Trinajstić information content (AvgIpc) is 3.33. The van der Waals surface area contributed by atoms with Gasteiger partial charge in [-0.25, -0.2) is 0 Å². The van der Waals surface area contributed by atoms with Gasteiger partial charge < -0.3 is 14.4 Å². The Morgan fingerprint density at radius 2 is 1.91 bits per heavy atom. The predicted octanol–water partition coefficient (Wildman–Crippen LogP) is 4.83. The number of carbonyl (C=O) groups excluding carboxylic acids is 2. The normalized spacial score (nSPS) is 17.6. The van der Waals surface area contributed by atoms with Gasteiger partial charge in [0, 0.05) is 16.7 Å². The molecule has 3 aromatic rings. The zero-order valence-corrected chi connectivity index (χ0v) is 17.9. The van der Waals surface area contributed by atoms with Crippen LogP contribution in [0.5, 0.6) is 5.75 Å². The number of ketones is 1. The summed E-state index contributed by atoms with van der Waals surface area (Å²) in [6.45, 7) is 5.62. The molecule has 4 rings (SSSR count). The van der Waals surface area contributed by atoms with Crippen LogP contribution in [0.25, 0.3) is 5.76 Å². The van der Waals surface area contributed by atoms with E-state index in [4.69, 9.17) is 20.9 Å². The Balaban J connectivity index is 1.84. The van der Waals surface area contributed by atoms with Gasteiger partial charge in [-0.15, -0.1) is 0 Å². The SMILES string of the molecule is C=CCOc1ccc(/C(O)=C2\C(=O)C(=O)N(c3cc(C)on3)[C@@H]2c2ccc(Cl)cc2)cc1. The summed E-state index contributed by atoms with van der Waals surface area (Å²) < 4.78 is 10.6. The van der Waals surface area contributed by atoms with E-state index < -0.39 is 17.7 Å². The summed E-state index contributed by atoms with van der Waals surface area (Å²) in [7, 11) is 0. The Kier molecular flexibility index (Phi) is 5.83. The van der Waals surface area contributed by atoms with Crippen molar-refractivity contribution in [3.8, 4) is 5.75 Å². The van der Waals surface area contributed by atoms with E-state index >= 15 is 0 Å². The van der Waals surface area contributed by atoms with Crippen LogP contribution in [0.1, 0.15) is 22.9 Å². The molecular weight excluding hydrogens is 432 g/mol. The van der Waals surface area contributed by atoms with Gasteiger partial charge in [-0.05, 0) is 48.9 Å². The first-order valence-electron chi connectivity index (χ1n) is 9.74. The monoisotopic (exact) mass is 450 g/mol. The fourth-order valence-corrected chi connectivity index (χ4v) is 3.64. The minimum atomic E-state index is -0.909. The molecule has 0 aliphatic carbocycles. The largest absolute Gasteiger partial charge is 0.507 e. The first kappa shape index (κ1) is 21.4. The highest BCUT2D eigenvalue weighted by atomic mass is 35.5. The van der Waals surface area contributed by atoms with Crippen LogP contribution in [0.15, 0.2) is 77.3 Å². The average molecular weight is 451 g/mol. The number of benzene rings is 2. The van der Waals surface area contributed by atoms with E-state index in [0.29, 0.717) is 34.3 Å². The molecule has 8 heteroatoms. The lowest BCUT2D eigenvalue weighted by Gasteiger charge is -2.22. The predicted molar refractivity (Wildman–Crippen MR) is 120 cm³/mol. The van der Waals surface area contributed by atoms with Crippen LogP contribution in [0, 0.1) is 6.92 Å². The third kappa shape index (κ3) is 3.90. The van der Waals surface area contributed by atoms with E-state index in [2.05, 4.69) is 11.7 Å². The molecule has 1 amide bonds. The zero-order valence-electron chi connectivity index (χ0n) is 17.1. The molecule has 0 spiro atoms. The molecule has 1 aliphatic rings. The molecule has 162 valence electrons. The molecule has 0 bridgehead atoms. The topological polar surface area (TPSA) is 92.9 Å². The van der Waals surface area contributed by atoms with Crippen LogP contribution in [0.2, 0.25) is 5.02 Å². The Morgan fingerprint density at radius 3 is 2.50 bits per heavy atom. The first-order valence-corrected chi connectivity index (χ1v) is 10.1. The van der Waals surface area contributed by atoms with Crippen molar-refractivity contribution in [3.63, 3.8) is 0 Å². The van der Waals surface area contributed by atoms with Crippen molar-refractivity contribution in [3.05, 3.63) is 94.7 Å². The van der Waals surface area contributed by atoms with Gasteiger partial charge in [0.15, 0.2) is 5.82 Å². The van der Waals surface area contributed by atoms with Crippen molar-refractivity contribution < 1.29 is 24.0 Å². The van der Waals surface area contributed by atoms with E-state index in [9.17, 15) is 14.7 Å². The van der Waals surface area contributed by atoms with E-state index in [1.165, 1.54) is 4.90 Å². The van der Waals surface area contributed by atoms with Gasteiger partial charge in [0.25, 0.3) is 5.78 Å². The maximum absolute atomic E-state index is 13.0. The molecule has 1 aromatic heterocycles. The summed E-state index contributed by atoms with van der Waals surface area (Å²) >= 11 is 6.02. The smallest absolute Gasteiger partial charge is 0.301 e. The molecule has 1 aliphatic heterocycles. The third-order valence-electron chi connectivity index (χ3n) is 4.99. The summed E-state index contributed by atoms with van der Waals surface area (Å²) in [5.41, 5.74) is 0.892. The second kappa shape index (κ2) is 8.72. The number of aromatic nitrogens is 1. The number of aliphatic hydroxyl groups is 1. The standard InChI is InChI=1S/C24H19ClN2O5/c1-3-12-31-18-10-6-16(7-11-18)22(28)20-21(15-4-8-17(25)9-5-15)27(24(30)23(20)29)19-13-14(2)32-26-19/h3-11,13,21,28H,1,12H2,2H3/b22-20+/t21-/m1/s1. The van der Waals surface area contributed by atoms with Crippen molar-refractivity contribution in [2.24, 2.45) is 0 Å². The number of hydrogen-bond donors (Lipinski definition) is 1. The minimum Gasteiger partial charge on any atom is -0.507 e. The van der Waals surface area contributed by atoms with Crippen LogP contribution in [-0.4, -0.2) is 28.6 Å². The highest BCUT2D eigenvalue weighted by Crippen LogP contribution is 2.42. The van der Waals surface area contributed by atoms with Crippen molar-refractivity contribution in [2.45, 2.75) is 13.0 Å². The van der Waals surface area contributed by atoms with E-state index in [0.717, 1.165) is 0 Å². The lowest BCUT2D eigenvalue weighted by atomic mass is 9.95. The van der Waals surface area contributed by atoms with Gasteiger partial charge >= 0.3 is 5.91 Å². The fraction of sp³-hybridized carbons (Fsp3) is 0.125. The number of halogens is 1. The summed E-state index contributed by atoms with van der Waals surface area (Å²) in [6, 6.07) is 13.9. The number of aryl methyl sites for hydroxylation is 1. The fourth-order valence-electron chi connectivity index (χ4n) is 3.52. The van der Waals surface area contributed by atoms with Crippen molar-refractivity contribution in [1.29, 1.82) is 0 Å². The van der Waals surface area contributed by atoms with Gasteiger partial charge in [0.2, 0.25) is 0 Å². The second-order valence-corrected chi connectivity index (χ2v) is 7.58. The molecule has 2 aromatic carbocycles. The van der Waals surface area contributed by atoms with Gasteiger partial charge in [0.05, 0.1) is 11.6 Å². The molecule has 2 heterocycles. The van der Waals surface area contributed by atoms with Gasteiger partial charge in [-0.1, -0.05) is 41.5 Å². The maximum atomic E-state index is 13.0. The number of Topliss-reactive ketones (excluding diaryl/α,β-unsaturated/α-hetero) is 1. The highest BCUT2D eigenvalue weighted by Gasteiger charge is 2.48. The van der Waals surface area contributed by atoms with Crippen molar-refractivity contribution in [1.82, 2.24) is 5.16 Å². The summed E-state index contributed by atoms with van der Waals surface area (Å²) in [4.78, 5) is 27.2. The zero-order chi connectivity index (χ0) is 22.8. The molecule has 7 nitrogen and oxygen atoms in total. The quantitative estimate of drug-likeness (QED) is 0.250. The Hall–Kier alpha value is -3.84. The number of nitrogens with zero attached hydrogens (tertiary/aromatic N) is 2. The van der Waals surface area contributed by atoms with Crippen LogP contribution >= 0.6 is 11.6 Å². The number of carbonyl (C=O) groups is 2. The number of amides is 1. The van der Waals surface area contributed by atoms with Gasteiger partial charge in [-0.2, -0.15) is 0 Å². The second-order valence-electron chi connectivity index (χ2n) is 7.14. The van der Waals surface area contributed by atoms with Crippen LogP contribution < -0.4 is 9.64 Å². The Morgan fingerprint density at radius 1 is 1.22 bits per heavy atom. The third-order valence-corrected chi connectivity index (χ3v) is 5.24. The van der Waals surface area contributed by atoms with Crippen LogP contribution in [0.3, 0.4) is 0 Å². The Labute approximate surface area is 189 Å². The lowest BCUT2D eigenvalue weighted by Crippen LogP contribution is -2.29. The molecular formula is C24H19ClN2O5. The number of aliphatic hydroxyl groups excluding tert-OH is 1. The summed E-state index contributed by atoms with van der Waals surface area (Å²) in [5, 5.41) is 15.5. The van der Waals surface area contributed by atoms with Gasteiger partial charge in [-0.3, -0.25) is 14.5 Å². The molecule has 0 saturated carbocycles. The minimum absolute atomic E-state index is 0.0577. The van der Waals surface area contributed by atoms with Gasteiger partial charge in [0.1, 0.15) is 23.9 Å². The number of anilines is 1. The first-order chi connectivity index (χ1) is 15.4. The van der Waals surface area contributed by atoms with E-state index in [-0.39, 0.29) is 17.2 Å². The summed E-state index contributed by atoms with van der Waals surface area (Å²) in [5.74, 6) is -0.708. The molecule has 32 heavy (non-hydrogen) atoms. The molecule has 0 radical (unpaired) electrons. The van der Waals surface area contributed by atoms with Crippen LogP contribution in [-0.2, 0) is 9.59 Å². The number of rotatable bonds is 6. The molecule has 1 fully saturated rings. The number of ether oxygens (including phenoxy) is 1. The highest BCUT2D eigenvalue weighted by molar-refractivity contribution is 6.51. The maximum Gasteiger partial charge on any atom is 0.301 e. The van der Waals surface area contributed by atoms with E-state index in [1.807, 2.05) is 0 Å². The molecule has 0 unspecified atom stereocenters. The Bertz CT molecular complexity index is 1210. The molecule has 1 N–H and O–H groups in total. The number of hydrogen-bond acceptors (Lipinski definition) is 6. The van der Waals surface area contributed by atoms with E-state index in [1.54, 1.807) is 67.6 Å². The molecule has 1 atom stereocenters. The lowest BCUT2D eigenvalue weighted by molar-refractivity contribution is -0.132. The van der Waals surface area contributed by atoms with Crippen molar-refractivity contribution in [2.75, 3.05) is 11.5 Å². The van der Waals surface area contributed by atoms with Crippen molar-refractivity contribution >= 4 is 34.9 Å². The van der Waals surface area contributed by atoms with Crippen LogP contribution in [0.4, 0.5) is 5.82 Å². The molecule has 1 saturated heterocycles.